The molecule has 1 heterocycles. The number of sulfonamides is 1. The molecule has 0 saturated carbocycles. The minimum absolute atomic E-state index is 0.0685. The quantitative estimate of drug-likeness (QED) is 0.469. The lowest BCUT2D eigenvalue weighted by molar-refractivity contribution is 0.0955. The van der Waals surface area contributed by atoms with Gasteiger partial charge in [0.15, 0.2) is 0 Å². The average molecular weight is 399 g/mol. The fourth-order valence-corrected chi connectivity index (χ4v) is 3.44. The van der Waals surface area contributed by atoms with E-state index >= 15 is 0 Å². The van der Waals surface area contributed by atoms with Crippen LogP contribution in [0.15, 0.2) is 81.3 Å². The molecule has 9 heteroatoms. The van der Waals surface area contributed by atoms with Crippen LogP contribution >= 0.6 is 0 Å². The van der Waals surface area contributed by atoms with E-state index in [4.69, 9.17) is 9.15 Å². The summed E-state index contributed by atoms with van der Waals surface area (Å²) in [7, 11) is -2.48. The van der Waals surface area contributed by atoms with Crippen LogP contribution in [-0.2, 0) is 10.0 Å². The number of hydrazone groups is 1. The van der Waals surface area contributed by atoms with Gasteiger partial charge in [-0.25, -0.2) is 13.8 Å². The highest BCUT2D eigenvalue weighted by Gasteiger charge is 2.18. The fraction of sp³-hybridized carbons (Fsp3) is 0.0526. The van der Waals surface area contributed by atoms with Crippen molar-refractivity contribution in [2.45, 2.75) is 4.90 Å². The van der Waals surface area contributed by atoms with Crippen LogP contribution in [0, 0.1) is 0 Å². The number of furan rings is 1. The Morgan fingerprint density at radius 2 is 1.93 bits per heavy atom. The lowest BCUT2D eigenvalue weighted by Crippen LogP contribution is -2.19. The van der Waals surface area contributed by atoms with Crippen molar-refractivity contribution in [1.29, 1.82) is 0 Å². The molecule has 3 rings (SSSR count). The van der Waals surface area contributed by atoms with Crippen LogP contribution in [0.25, 0.3) is 0 Å². The Balaban J connectivity index is 1.77. The molecule has 0 unspecified atom stereocenters. The molecule has 0 radical (unpaired) electrons. The highest BCUT2D eigenvalue weighted by molar-refractivity contribution is 7.92. The molecule has 0 spiro atoms. The first kappa shape index (κ1) is 19.2. The number of methoxy groups -OCH3 is 1. The summed E-state index contributed by atoms with van der Waals surface area (Å²) in [6.45, 7) is 0. The Morgan fingerprint density at radius 3 is 2.68 bits per heavy atom. The molecule has 0 aliphatic carbocycles. The number of para-hydroxylation sites is 2. The van der Waals surface area contributed by atoms with Gasteiger partial charge in [-0.2, -0.15) is 5.10 Å². The van der Waals surface area contributed by atoms with E-state index in [1.54, 1.807) is 36.4 Å². The summed E-state index contributed by atoms with van der Waals surface area (Å²) in [4.78, 5) is 12.2. The number of carbonyl (C=O) groups is 1. The van der Waals surface area contributed by atoms with Crippen molar-refractivity contribution in [3.8, 4) is 5.75 Å². The Morgan fingerprint density at radius 1 is 1.11 bits per heavy atom. The molecule has 8 nitrogen and oxygen atoms in total. The smallest absolute Gasteiger partial charge is 0.271 e. The van der Waals surface area contributed by atoms with Crippen molar-refractivity contribution in [3.63, 3.8) is 0 Å². The van der Waals surface area contributed by atoms with Gasteiger partial charge in [0, 0.05) is 5.56 Å². The SMILES string of the molecule is COc1ccccc1NS(=O)(=O)c1cccc(C(=O)N/N=C\c2ccco2)c1. The van der Waals surface area contributed by atoms with E-state index in [0.29, 0.717) is 17.2 Å². The minimum Gasteiger partial charge on any atom is -0.495 e. The predicted molar refractivity (Wildman–Crippen MR) is 104 cm³/mol. The highest BCUT2D eigenvalue weighted by atomic mass is 32.2. The zero-order valence-corrected chi connectivity index (χ0v) is 15.6. The third-order valence-corrected chi connectivity index (χ3v) is 5.02. The van der Waals surface area contributed by atoms with Gasteiger partial charge >= 0.3 is 0 Å². The van der Waals surface area contributed by atoms with Crippen molar-refractivity contribution < 1.29 is 22.4 Å². The molecule has 28 heavy (non-hydrogen) atoms. The summed E-state index contributed by atoms with van der Waals surface area (Å²) in [5, 5.41) is 3.77. The second kappa shape index (κ2) is 8.40. The third-order valence-electron chi connectivity index (χ3n) is 3.66. The summed E-state index contributed by atoms with van der Waals surface area (Å²) >= 11 is 0. The second-order valence-corrected chi connectivity index (χ2v) is 7.23. The van der Waals surface area contributed by atoms with E-state index in [1.165, 1.54) is 43.9 Å². The average Bonchev–Trinajstić information content (AvgIpc) is 3.21. The first-order chi connectivity index (χ1) is 13.5. The first-order valence-electron chi connectivity index (χ1n) is 8.12. The molecule has 144 valence electrons. The molecule has 2 N–H and O–H groups in total. The normalized spacial score (nSPS) is 11.3. The van der Waals surface area contributed by atoms with Gasteiger partial charge in [0.2, 0.25) is 0 Å². The van der Waals surface area contributed by atoms with Crippen LogP contribution < -0.4 is 14.9 Å². The van der Waals surface area contributed by atoms with Crippen LogP contribution in [-0.4, -0.2) is 27.6 Å². The van der Waals surface area contributed by atoms with Gasteiger partial charge in [-0.05, 0) is 42.5 Å². The number of benzene rings is 2. The molecular formula is C19H17N3O5S. The molecule has 0 bridgehead atoms. The Kier molecular flexibility index (Phi) is 5.75. The molecule has 0 fully saturated rings. The van der Waals surface area contributed by atoms with Gasteiger partial charge in [-0.3, -0.25) is 9.52 Å². The molecule has 2 aromatic carbocycles. The van der Waals surface area contributed by atoms with E-state index in [-0.39, 0.29) is 10.5 Å². The predicted octanol–water partition coefficient (Wildman–Crippen LogP) is 2.85. The lowest BCUT2D eigenvalue weighted by atomic mass is 10.2. The third kappa shape index (κ3) is 4.57. The van der Waals surface area contributed by atoms with Gasteiger partial charge in [0.1, 0.15) is 11.5 Å². The number of carbonyl (C=O) groups excluding carboxylic acids is 1. The number of anilines is 1. The maximum atomic E-state index is 12.7. The topological polar surface area (TPSA) is 110 Å². The Hall–Kier alpha value is -3.59. The van der Waals surface area contributed by atoms with Crippen molar-refractivity contribution in [3.05, 3.63) is 78.3 Å². The first-order valence-corrected chi connectivity index (χ1v) is 9.61. The molecule has 1 aromatic heterocycles. The number of rotatable bonds is 7. The van der Waals surface area contributed by atoms with Gasteiger partial charge in [-0.15, -0.1) is 0 Å². The van der Waals surface area contributed by atoms with E-state index in [9.17, 15) is 13.2 Å². The molecular weight excluding hydrogens is 382 g/mol. The molecule has 3 aromatic rings. The summed E-state index contributed by atoms with van der Waals surface area (Å²) in [5.41, 5.74) is 2.75. The molecule has 0 aliphatic rings. The second-order valence-electron chi connectivity index (χ2n) is 5.55. The summed E-state index contributed by atoms with van der Waals surface area (Å²) < 4.78 is 38.0. The Bertz CT molecular complexity index is 1090. The van der Waals surface area contributed by atoms with Crippen molar-refractivity contribution >= 4 is 27.8 Å². The molecule has 1 amide bonds. The summed E-state index contributed by atoms with van der Waals surface area (Å²) in [5.74, 6) is 0.294. The van der Waals surface area contributed by atoms with Gasteiger partial charge in [0.25, 0.3) is 15.9 Å². The number of ether oxygens (including phenoxy) is 1. The lowest BCUT2D eigenvalue weighted by Gasteiger charge is -2.12. The summed E-state index contributed by atoms with van der Waals surface area (Å²) in [6.07, 6.45) is 2.81. The number of amides is 1. The Labute approximate surface area is 161 Å². The van der Waals surface area contributed by atoms with Crippen LogP contribution in [0.5, 0.6) is 5.75 Å². The highest BCUT2D eigenvalue weighted by Crippen LogP contribution is 2.26. The van der Waals surface area contributed by atoms with Crippen LogP contribution in [0.4, 0.5) is 5.69 Å². The number of nitrogens with zero attached hydrogens (tertiary/aromatic N) is 1. The van der Waals surface area contributed by atoms with Crippen LogP contribution in [0.1, 0.15) is 16.1 Å². The van der Waals surface area contributed by atoms with Crippen molar-refractivity contribution in [2.24, 2.45) is 5.10 Å². The largest absolute Gasteiger partial charge is 0.495 e. The maximum absolute atomic E-state index is 12.7. The number of nitrogens with one attached hydrogen (secondary N) is 2. The van der Waals surface area contributed by atoms with Gasteiger partial charge < -0.3 is 9.15 Å². The van der Waals surface area contributed by atoms with Crippen LogP contribution in [0.2, 0.25) is 0 Å². The van der Waals surface area contributed by atoms with Gasteiger partial charge in [-0.1, -0.05) is 18.2 Å². The summed E-state index contributed by atoms with van der Waals surface area (Å²) in [6, 6.07) is 15.6. The zero-order valence-electron chi connectivity index (χ0n) is 14.8. The van der Waals surface area contributed by atoms with Gasteiger partial charge in [0.05, 0.1) is 30.2 Å². The molecule has 0 saturated heterocycles. The standard InChI is InChI=1S/C19H17N3O5S/c1-26-18-10-3-2-9-17(18)22-28(24,25)16-8-4-6-14(12-16)19(23)21-20-13-15-7-5-11-27-15/h2-13,22H,1H3,(H,21,23)/b20-13-. The fourth-order valence-electron chi connectivity index (χ4n) is 2.32. The molecule has 0 atom stereocenters. The van der Waals surface area contributed by atoms with Crippen molar-refractivity contribution in [2.75, 3.05) is 11.8 Å². The number of hydrogen-bond donors (Lipinski definition) is 2. The van der Waals surface area contributed by atoms with Crippen LogP contribution in [0.3, 0.4) is 0 Å². The van der Waals surface area contributed by atoms with E-state index in [2.05, 4.69) is 15.2 Å². The van der Waals surface area contributed by atoms with E-state index in [1.807, 2.05) is 0 Å². The maximum Gasteiger partial charge on any atom is 0.271 e. The molecule has 0 aliphatic heterocycles. The van der Waals surface area contributed by atoms with E-state index < -0.39 is 15.9 Å². The number of hydrogen-bond acceptors (Lipinski definition) is 6. The minimum atomic E-state index is -3.92. The van der Waals surface area contributed by atoms with Crippen molar-refractivity contribution in [1.82, 2.24) is 5.43 Å². The zero-order chi connectivity index (χ0) is 20.0. The van der Waals surface area contributed by atoms with E-state index in [0.717, 1.165) is 0 Å². The monoisotopic (exact) mass is 399 g/mol.